The first-order valence-electron chi connectivity index (χ1n) is 7.13. The zero-order valence-electron chi connectivity index (χ0n) is 12.5. The van der Waals surface area contributed by atoms with E-state index in [0.29, 0.717) is 5.69 Å². The van der Waals surface area contributed by atoms with Gasteiger partial charge in [-0.25, -0.2) is 0 Å². The molecule has 23 heavy (non-hydrogen) atoms. The van der Waals surface area contributed by atoms with Crippen molar-refractivity contribution in [3.8, 4) is 0 Å². The normalized spacial score (nSPS) is 10.7. The molecule has 0 aliphatic heterocycles. The maximum absolute atomic E-state index is 12.2. The summed E-state index contributed by atoms with van der Waals surface area (Å²) in [7, 11) is 0. The van der Waals surface area contributed by atoms with E-state index in [1.807, 2.05) is 35.9 Å². The fourth-order valence-electron chi connectivity index (χ4n) is 2.51. The van der Waals surface area contributed by atoms with Crippen LogP contribution in [-0.4, -0.2) is 15.4 Å². The molecule has 3 rings (SSSR count). The predicted octanol–water partition coefficient (Wildman–Crippen LogP) is 3.50. The van der Waals surface area contributed by atoms with Gasteiger partial charge in [0, 0.05) is 29.5 Å². The Bertz CT molecular complexity index is 899. The molecule has 0 unspecified atom stereocenters. The number of aromatic nitrogens is 1. The largest absolute Gasteiger partial charge is 0.338 e. The lowest BCUT2D eigenvalue weighted by Gasteiger charge is -2.07. The van der Waals surface area contributed by atoms with Crippen LogP contribution < -0.4 is 5.32 Å². The van der Waals surface area contributed by atoms with Gasteiger partial charge in [-0.2, -0.15) is 0 Å². The fourth-order valence-corrected chi connectivity index (χ4v) is 2.51. The van der Waals surface area contributed by atoms with E-state index in [-0.39, 0.29) is 18.1 Å². The number of aryl methyl sites for hydroxylation is 1. The van der Waals surface area contributed by atoms with E-state index < -0.39 is 4.92 Å². The number of hydrogen-bond acceptors (Lipinski definition) is 3. The number of benzene rings is 2. The first-order valence-corrected chi connectivity index (χ1v) is 7.13. The molecule has 6 heteroatoms. The molecule has 3 aromatic rings. The zero-order chi connectivity index (χ0) is 16.4. The van der Waals surface area contributed by atoms with Crippen LogP contribution in [0.5, 0.6) is 0 Å². The molecule has 116 valence electrons. The average molecular weight is 309 g/mol. The Morgan fingerprint density at radius 1 is 1.22 bits per heavy atom. The number of fused-ring (bicyclic) bond motifs is 1. The number of rotatable bonds is 4. The van der Waals surface area contributed by atoms with Gasteiger partial charge >= 0.3 is 0 Å². The molecule has 0 aliphatic carbocycles. The average Bonchev–Trinajstić information content (AvgIpc) is 2.89. The van der Waals surface area contributed by atoms with Crippen molar-refractivity contribution >= 4 is 28.2 Å². The number of non-ortho nitro benzene ring substituents is 1. The number of nitrogens with zero attached hydrogens (tertiary/aromatic N) is 2. The second kappa shape index (κ2) is 5.92. The van der Waals surface area contributed by atoms with Gasteiger partial charge in [-0.1, -0.05) is 17.7 Å². The molecule has 1 heterocycles. The van der Waals surface area contributed by atoms with Crippen molar-refractivity contribution in [2.24, 2.45) is 0 Å². The molecular weight excluding hydrogens is 294 g/mol. The monoisotopic (exact) mass is 309 g/mol. The Hall–Kier alpha value is -3.15. The molecule has 1 aromatic heterocycles. The summed E-state index contributed by atoms with van der Waals surface area (Å²) >= 11 is 0. The maximum Gasteiger partial charge on any atom is 0.271 e. The lowest BCUT2D eigenvalue weighted by molar-refractivity contribution is -0.384. The van der Waals surface area contributed by atoms with Crippen LogP contribution in [0.2, 0.25) is 0 Å². The molecule has 1 N–H and O–H groups in total. The van der Waals surface area contributed by atoms with E-state index in [1.54, 1.807) is 12.1 Å². The third kappa shape index (κ3) is 3.21. The SMILES string of the molecule is Cc1ccc2c(ccn2CC(=O)Nc2cccc([N+](=O)[O-])c2)c1. The summed E-state index contributed by atoms with van der Waals surface area (Å²) in [5.41, 5.74) is 2.50. The van der Waals surface area contributed by atoms with Gasteiger partial charge in [0.2, 0.25) is 5.91 Å². The summed E-state index contributed by atoms with van der Waals surface area (Å²) in [5.74, 6) is -0.233. The van der Waals surface area contributed by atoms with Gasteiger partial charge in [-0.05, 0) is 36.6 Å². The fraction of sp³-hybridized carbons (Fsp3) is 0.118. The minimum absolute atomic E-state index is 0.0512. The Morgan fingerprint density at radius 3 is 2.83 bits per heavy atom. The van der Waals surface area contributed by atoms with E-state index in [0.717, 1.165) is 16.5 Å². The number of carbonyl (C=O) groups excluding carboxylic acids is 1. The number of hydrogen-bond donors (Lipinski definition) is 1. The highest BCUT2D eigenvalue weighted by molar-refractivity contribution is 5.92. The van der Waals surface area contributed by atoms with Gasteiger partial charge in [-0.15, -0.1) is 0 Å². The minimum Gasteiger partial charge on any atom is -0.338 e. The number of carbonyl (C=O) groups is 1. The van der Waals surface area contributed by atoms with E-state index in [4.69, 9.17) is 0 Å². The summed E-state index contributed by atoms with van der Waals surface area (Å²) in [4.78, 5) is 22.4. The van der Waals surface area contributed by atoms with Gasteiger partial charge in [0.05, 0.1) is 4.92 Å². The predicted molar refractivity (Wildman–Crippen MR) is 88.4 cm³/mol. The van der Waals surface area contributed by atoms with Crippen molar-refractivity contribution in [3.05, 3.63) is 70.4 Å². The number of anilines is 1. The van der Waals surface area contributed by atoms with E-state index in [1.165, 1.54) is 12.1 Å². The highest BCUT2D eigenvalue weighted by atomic mass is 16.6. The summed E-state index contributed by atoms with van der Waals surface area (Å²) in [6.45, 7) is 2.17. The van der Waals surface area contributed by atoms with Crippen molar-refractivity contribution in [2.75, 3.05) is 5.32 Å². The smallest absolute Gasteiger partial charge is 0.271 e. The molecule has 0 saturated heterocycles. The zero-order valence-corrected chi connectivity index (χ0v) is 12.5. The topological polar surface area (TPSA) is 77.2 Å². The third-order valence-electron chi connectivity index (χ3n) is 3.58. The van der Waals surface area contributed by atoms with Crippen LogP contribution in [-0.2, 0) is 11.3 Å². The van der Waals surface area contributed by atoms with Gasteiger partial charge in [0.25, 0.3) is 5.69 Å². The molecule has 1 amide bonds. The molecule has 0 bridgehead atoms. The summed E-state index contributed by atoms with van der Waals surface area (Å²) in [6, 6.07) is 13.9. The Balaban J connectivity index is 1.76. The van der Waals surface area contributed by atoms with Crippen LogP contribution in [0.3, 0.4) is 0 Å². The quantitative estimate of drug-likeness (QED) is 0.592. The van der Waals surface area contributed by atoms with Crippen LogP contribution in [0.4, 0.5) is 11.4 Å². The van der Waals surface area contributed by atoms with Crippen LogP contribution >= 0.6 is 0 Å². The van der Waals surface area contributed by atoms with Gasteiger partial charge in [0.15, 0.2) is 0 Å². The Kier molecular flexibility index (Phi) is 3.80. The van der Waals surface area contributed by atoms with Gasteiger partial charge in [-0.3, -0.25) is 14.9 Å². The van der Waals surface area contributed by atoms with E-state index in [9.17, 15) is 14.9 Å². The molecule has 0 saturated carbocycles. The van der Waals surface area contributed by atoms with Crippen molar-refractivity contribution in [3.63, 3.8) is 0 Å². The van der Waals surface area contributed by atoms with Crippen LogP contribution in [0, 0.1) is 17.0 Å². The number of amides is 1. The maximum atomic E-state index is 12.2. The van der Waals surface area contributed by atoms with Crippen molar-refractivity contribution < 1.29 is 9.72 Å². The molecule has 0 spiro atoms. The standard InChI is InChI=1S/C17H15N3O3/c1-12-5-6-16-13(9-12)7-8-19(16)11-17(21)18-14-3-2-4-15(10-14)20(22)23/h2-10H,11H2,1H3,(H,18,21). The molecule has 0 radical (unpaired) electrons. The molecule has 0 fully saturated rings. The Labute approximate surface area is 132 Å². The van der Waals surface area contributed by atoms with Crippen molar-refractivity contribution in [1.82, 2.24) is 4.57 Å². The molecule has 6 nitrogen and oxygen atoms in total. The van der Waals surface area contributed by atoms with Crippen molar-refractivity contribution in [1.29, 1.82) is 0 Å². The van der Waals surface area contributed by atoms with Gasteiger partial charge < -0.3 is 9.88 Å². The second-order valence-corrected chi connectivity index (χ2v) is 5.36. The third-order valence-corrected chi connectivity index (χ3v) is 3.58. The van der Waals surface area contributed by atoms with E-state index in [2.05, 4.69) is 11.4 Å². The highest BCUT2D eigenvalue weighted by Crippen LogP contribution is 2.19. The Morgan fingerprint density at radius 2 is 2.04 bits per heavy atom. The molecule has 0 aliphatic rings. The number of nitrogens with one attached hydrogen (secondary N) is 1. The van der Waals surface area contributed by atoms with E-state index >= 15 is 0 Å². The van der Waals surface area contributed by atoms with Crippen LogP contribution in [0.1, 0.15) is 5.56 Å². The van der Waals surface area contributed by atoms with Crippen LogP contribution in [0.15, 0.2) is 54.7 Å². The summed E-state index contributed by atoms with van der Waals surface area (Å²) < 4.78 is 1.85. The summed E-state index contributed by atoms with van der Waals surface area (Å²) in [6.07, 6.45) is 1.86. The molecular formula is C17H15N3O3. The molecule has 2 aromatic carbocycles. The van der Waals surface area contributed by atoms with Crippen LogP contribution in [0.25, 0.3) is 10.9 Å². The first-order chi connectivity index (χ1) is 11.0. The van der Waals surface area contributed by atoms with Crippen molar-refractivity contribution in [2.45, 2.75) is 13.5 Å². The number of nitro benzene ring substituents is 1. The lowest BCUT2D eigenvalue weighted by atomic mass is 10.2. The molecule has 0 atom stereocenters. The first kappa shape index (κ1) is 14.8. The summed E-state index contributed by atoms with van der Waals surface area (Å²) in [5, 5.41) is 14.5. The second-order valence-electron chi connectivity index (χ2n) is 5.36. The lowest BCUT2D eigenvalue weighted by Crippen LogP contribution is -2.18. The number of nitro groups is 1. The van der Waals surface area contributed by atoms with Gasteiger partial charge in [0.1, 0.15) is 6.54 Å². The minimum atomic E-state index is -0.489. The highest BCUT2D eigenvalue weighted by Gasteiger charge is 2.10.